The molecule has 0 saturated carbocycles. The van der Waals surface area contributed by atoms with Gasteiger partial charge < -0.3 is 14.7 Å². The standard InChI is InChI=1S/C13H20N2O2/c1-11-3-4-12(9-14-11)15-7-5-13(16,6-8-15)10-17-2/h3-4,9,16H,5-8,10H2,1-2H3. The fourth-order valence-corrected chi connectivity index (χ4v) is 2.24. The van der Waals surface area contributed by atoms with Gasteiger partial charge in [-0.15, -0.1) is 0 Å². The van der Waals surface area contributed by atoms with E-state index in [9.17, 15) is 5.11 Å². The van der Waals surface area contributed by atoms with Gasteiger partial charge in [0.2, 0.25) is 0 Å². The lowest BCUT2D eigenvalue weighted by Gasteiger charge is -2.38. The maximum absolute atomic E-state index is 10.2. The van der Waals surface area contributed by atoms with Gasteiger partial charge in [0.15, 0.2) is 0 Å². The molecule has 1 saturated heterocycles. The van der Waals surface area contributed by atoms with Crippen molar-refractivity contribution in [3.8, 4) is 0 Å². The van der Waals surface area contributed by atoms with Crippen LogP contribution < -0.4 is 4.90 Å². The molecule has 0 atom stereocenters. The summed E-state index contributed by atoms with van der Waals surface area (Å²) in [4.78, 5) is 6.56. The fourth-order valence-electron chi connectivity index (χ4n) is 2.24. The average molecular weight is 236 g/mol. The van der Waals surface area contributed by atoms with E-state index in [0.29, 0.717) is 6.61 Å². The number of aliphatic hydroxyl groups is 1. The smallest absolute Gasteiger partial charge is 0.0913 e. The van der Waals surface area contributed by atoms with Gasteiger partial charge in [0.05, 0.1) is 24.1 Å². The first-order valence-corrected chi connectivity index (χ1v) is 6.02. The lowest BCUT2D eigenvalue weighted by atomic mass is 9.92. The number of aryl methyl sites for hydroxylation is 1. The maximum atomic E-state index is 10.2. The van der Waals surface area contributed by atoms with E-state index in [4.69, 9.17) is 4.74 Å². The molecular formula is C13H20N2O2. The van der Waals surface area contributed by atoms with Crippen LogP contribution in [0, 0.1) is 6.92 Å². The molecule has 0 aromatic carbocycles. The van der Waals surface area contributed by atoms with Gasteiger partial charge in [0.1, 0.15) is 0 Å². The van der Waals surface area contributed by atoms with Crippen LogP contribution in [0.15, 0.2) is 18.3 Å². The molecule has 94 valence electrons. The summed E-state index contributed by atoms with van der Waals surface area (Å²) in [5.74, 6) is 0. The van der Waals surface area contributed by atoms with Gasteiger partial charge in [-0.3, -0.25) is 4.98 Å². The Bertz CT molecular complexity index is 356. The predicted molar refractivity (Wildman–Crippen MR) is 67.2 cm³/mol. The summed E-state index contributed by atoms with van der Waals surface area (Å²) in [6.45, 7) is 4.11. The number of aromatic nitrogens is 1. The molecule has 0 radical (unpaired) electrons. The van der Waals surface area contributed by atoms with Crippen molar-refractivity contribution in [1.82, 2.24) is 4.98 Å². The highest BCUT2D eigenvalue weighted by atomic mass is 16.5. The number of hydrogen-bond acceptors (Lipinski definition) is 4. The van der Waals surface area contributed by atoms with E-state index in [0.717, 1.165) is 37.3 Å². The Hall–Kier alpha value is -1.13. The monoisotopic (exact) mass is 236 g/mol. The van der Waals surface area contributed by atoms with E-state index in [-0.39, 0.29) is 0 Å². The SMILES string of the molecule is COCC1(O)CCN(c2ccc(C)nc2)CC1. The van der Waals surface area contributed by atoms with Crippen LogP contribution in [0.3, 0.4) is 0 Å². The van der Waals surface area contributed by atoms with Crippen molar-refractivity contribution >= 4 is 5.69 Å². The second kappa shape index (κ2) is 5.02. The van der Waals surface area contributed by atoms with Crippen molar-refractivity contribution in [2.75, 3.05) is 31.7 Å². The molecule has 0 amide bonds. The largest absolute Gasteiger partial charge is 0.387 e. The van der Waals surface area contributed by atoms with E-state index < -0.39 is 5.60 Å². The van der Waals surface area contributed by atoms with Crippen LogP contribution in [-0.4, -0.2) is 42.5 Å². The van der Waals surface area contributed by atoms with Crippen molar-refractivity contribution in [3.05, 3.63) is 24.0 Å². The topological polar surface area (TPSA) is 45.6 Å². The molecular weight excluding hydrogens is 216 g/mol. The Morgan fingerprint density at radius 3 is 2.65 bits per heavy atom. The van der Waals surface area contributed by atoms with Gasteiger partial charge in [-0.1, -0.05) is 0 Å². The molecule has 17 heavy (non-hydrogen) atoms. The van der Waals surface area contributed by atoms with Crippen LogP contribution in [-0.2, 0) is 4.74 Å². The van der Waals surface area contributed by atoms with Crippen LogP contribution in [0.1, 0.15) is 18.5 Å². The van der Waals surface area contributed by atoms with Gasteiger partial charge in [0, 0.05) is 25.9 Å². The second-order valence-corrected chi connectivity index (χ2v) is 4.80. The third-order valence-corrected chi connectivity index (χ3v) is 3.37. The molecule has 0 spiro atoms. The number of hydrogen-bond donors (Lipinski definition) is 1. The van der Waals surface area contributed by atoms with Crippen LogP contribution in [0.4, 0.5) is 5.69 Å². The summed E-state index contributed by atoms with van der Waals surface area (Å²) < 4.78 is 5.06. The molecule has 1 N–H and O–H groups in total. The van der Waals surface area contributed by atoms with Gasteiger partial charge in [-0.2, -0.15) is 0 Å². The number of nitrogens with zero attached hydrogens (tertiary/aromatic N) is 2. The minimum absolute atomic E-state index is 0.424. The van der Waals surface area contributed by atoms with E-state index in [1.165, 1.54) is 0 Å². The van der Waals surface area contributed by atoms with Crippen LogP contribution in [0.5, 0.6) is 0 Å². The van der Waals surface area contributed by atoms with Gasteiger partial charge >= 0.3 is 0 Å². The Balaban J connectivity index is 1.97. The zero-order valence-corrected chi connectivity index (χ0v) is 10.5. The first-order chi connectivity index (χ1) is 8.13. The third kappa shape index (κ3) is 2.96. The third-order valence-electron chi connectivity index (χ3n) is 3.37. The highest BCUT2D eigenvalue weighted by Gasteiger charge is 2.32. The Labute approximate surface area is 102 Å². The van der Waals surface area contributed by atoms with E-state index in [2.05, 4.69) is 16.0 Å². The van der Waals surface area contributed by atoms with Crippen molar-refractivity contribution in [1.29, 1.82) is 0 Å². The summed E-state index contributed by atoms with van der Waals surface area (Å²) in [6, 6.07) is 4.11. The number of anilines is 1. The molecule has 1 aliphatic heterocycles. The van der Waals surface area contributed by atoms with Gasteiger partial charge in [-0.05, 0) is 31.9 Å². The lowest BCUT2D eigenvalue weighted by Crippen LogP contribution is -2.47. The minimum atomic E-state index is -0.649. The molecule has 1 aliphatic rings. The summed E-state index contributed by atoms with van der Waals surface area (Å²) in [5, 5.41) is 10.2. The molecule has 0 bridgehead atoms. The molecule has 0 unspecified atom stereocenters. The van der Waals surface area contributed by atoms with E-state index >= 15 is 0 Å². The zero-order valence-electron chi connectivity index (χ0n) is 10.5. The Kier molecular flexibility index (Phi) is 3.64. The van der Waals surface area contributed by atoms with Gasteiger partial charge in [-0.25, -0.2) is 0 Å². The molecule has 0 aliphatic carbocycles. The fraction of sp³-hybridized carbons (Fsp3) is 0.615. The number of ether oxygens (including phenoxy) is 1. The Morgan fingerprint density at radius 2 is 2.12 bits per heavy atom. The normalized spacial score (nSPS) is 19.4. The molecule has 2 rings (SSSR count). The molecule has 1 aromatic heterocycles. The summed E-state index contributed by atoms with van der Waals surface area (Å²) in [6.07, 6.45) is 3.39. The summed E-state index contributed by atoms with van der Waals surface area (Å²) in [7, 11) is 1.63. The first-order valence-electron chi connectivity index (χ1n) is 6.02. The van der Waals surface area contributed by atoms with Crippen LogP contribution >= 0.6 is 0 Å². The molecule has 4 nitrogen and oxygen atoms in total. The Morgan fingerprint density at radius 1 is 1.41 bits per heavy atom. The highest BCUT2D eigenvalue weighted by Crippen LogP contribution is 2.26. The zero-order chi connectivity index (χ0) is 12.3. The minimum Gasteiger partial charge on any atom is -0.387 e. The van der Waals surface area contributed by atoms with E-state index in [1.54, 1.807) is 7.11 Å². The van der Waals surface area contributed by atoms with Crippen LogP contribution in [0.2, 0.25) is 0 Å². The van der Waals surface area contributed by atoms with Crippen molar-refractivity contribution in [2.24, 2.45) is 0 Å². The number of rotatable bonds is 3. The molecule has 4 heteroatoms. The first kappa shape index (κ1) is 12.3. The second-order valence-electron chi connectivity index (χ2n) is 4.80. The summed E-state index contributed by atoms with van der Waals surface area (Å²) >= 11 is 0. The highest BCUT2D eigenvalue weighted by molar-refractivity contribution is 5.45. The molecule has 1 fully saturated rings. The number of piperidine rings is 1. The molecule has 1 aromatic rings. The number of methoxy groups -OCH3 is 1. The van der Waals surface area contributed by atoms with Gasteiger partial charge in [0.25, 0.3) is 0 Å². The van der Waals surface area contributed by atoms with Crippen LogP contribution in [0.25, 0.3) is 0 Å². The van der Waals surface area contributed by atoms with Crippen molar-refractivity contribution in [3.63, 3.8) is 0 Å². The number of pyridine rings is 1. The maximum Gasteiger partial charge on any atom is 0.0913 e. The average Bonchev–Trinajstić information content (AvgIpc) is 2.31. The molecule has 2 heterocycles. The lowest BCUT2D eigenvalue weighted by molar-refractivity contribution is -0.0471. The van der Waals surface area contributed by atoms with E-state index in [1.807, 2.05) is 19.2 Å². The van der Waals surface area contributed by atoms with Crippen molar-refractivity contribution in [2.45, 2.75) is 25.4 Å². The van der Waals surface area contributed by atoms with Crippen molar-refractivity contribution < 1.29 is 9.84 Å². The quantitative estimate of drug-likeness (QED) is 0.861. The predicted octanol–water partition coefficient (Wildman–Crippen LogP) is 1.37. The summed E-state index contributed by atoms with van der Waals surface area (Å²) in [5.41, 5.74) is 1.51.